The van der Waals surface area contributed by atoms with E-state index in [0.717, 1.165) is 12.8 Å². The summed E-state index contributed by atoms with van der Waals surface area (Å²) in [4.78, 5) is 0. The molecule has 1 unspecified atom stereocenters. The Balaban J connectivity index is 3.72. The highest BCUT2D eigenvalue weighted by atomic mass is 16.5. The van der Waals surface area contributed by atoms with Crippen LogP contribution in [0.3, 0.4) is 0 Å². The maximum Gasteiger partial charge on any atom is 0.0614 e. The first kappa shape index (κ1) is 13.7. The molecule has 1 atom stereocenters. The first-order valence-electron chi connectivity index (χ1n) is 5.53. The minimum atomic E-state index is 0.136. The van der Waals surface area contributed by atoms with Gasteiger partial charge in [0.05, 0.1) is 12.7 Å². The number of ether oxygens (including phenoxy) is 1. The van der Waals surface area contributed by atoms with E-state index < -0.39 is 0 Å². The number of hydrogen-bond donors (Lipinski definition) is 1. The van der Waals surface area contributed by atoms with Gasteiger partial charge in [-0.2, -0.15) is 0 Å². The smallest absolute Gasteiger partial charge is 0.0614 e. The molecule has 0 bridgehead atoms. The fourth-order valence-electron chi connectivity index (χ4n) is 1.52. The molecule has 0 aliphatic rings. The van der Waals surface area contributed by atoms with Gasteiger partial charge < -0.3 is 9.84 Å². The summed E-state index contributed by atoms with van der Waals surface area (Å²) >= 11 is 0. The van der Waals surface area contributed by atoms with Gasteiger partial charge >= 0.3 is 0 Å². The van der Waals surface area contributed by atoms with Crippen molar-refractivity contribution in [3.05, 3.63) is 11.6 Å². The summed E-state index contributed by atoms with van der Waals surface area (Å²) in [5.41, 5.74) is 1.22. The van der Waals surface area contributed by atoms with Gasteiger partial charge in [-0.15, -0.1) is 0 Å². The molecule has 2 nitrogen and oxygen atoms in total. The van der Waals surface area contributed by atoms with Gasteiger partial charge in [-0.25, -0.2) is 0 Å². The van der Waals surface area contributed by atoms with E-state index >= 15 is 0 Å². The predicted molar refractivity (Wildman–Crippen MR) is 60.4 cm³/mol. The van der Waals surface area contributed by atoms with Crippen LogP contribution in [0.15, 0.2) is 11.6 Å². The second-order valence-corrected chi connectivity index (χ2v) is 3.79. The SMILES string of the molecule is CCCCCC(C/C(C)=C/CO)OC. The van der Waals surface area contributed by atoms with Crippen LogP contribution in [0.2, 0.25) is 0 Å². The normalized spacial score (nSPS) is 14.4. The van der Waals surface area contributed by atoms with E-state index in [4.69, 9.17) is 9.84 Å². The highest BCUT2D eigenvalue weighted by Gasteiger charge is 2.07. The van der Waals surface area contributed by atoms with Gasteiger partial charge in [0.2, 0.25) is 0 Å². The van der Waals surface area contributed by atoms with Crippen LogP contribution in [0, 0.1) is 0 Å². The van der Waals surface area contributed by atoms with Crippen LogP contribution in [0.25, 0.3) is 0 Å². The summed E-state index contributed by atoms with van der Waals surface area (Å²) < 4.78 is 5.39. The van der Waals surface area contributed by atoms with Crippen molar-refractivity contribution in [3.8, 4) is 0 Å². The second kappa shape index (κ2) is 9.22. The first-order valence-corrected chi connectivity index (χ1v) is 5.53. The highest BCUT2D eigenvalue weighted by Crippen LogP contribution is 2.14. The average molecular weight is 200 g/mol. The molecule has 0 aromatic carbocycles. The second-order valence-electron chi connectivity index (χ2n) is 3.79. The third kappa shape index (κ3) is 7.10. The molecule has 84 valence electrons. The van der Waals surface area contributed by atoms with Crippen molar-refractivity contribution in [2.24, 2.45) is 0 Å². The molecule has 0 radical (unpaired) electrons. The van der Waals surface area contributed by atoms with E-state index in [1.165, 1.54) is 24.8 Å². The van der Waals surface area contributed by atoms with Gasteiger partial charge in [0.15, 0.2) is 0 Å². The van der Waals surface area contributed by atoms with Crippen molar-refractivity contribution in [1.82, 2.24) is 0 Å². The number of hydrogen-bond acceptors (Lipinski definition) is 2. The van der Waals surface area contributed by atoms with Crippen molar-refractivity contribution in [3.63, 3.8) is 0 Å². The zero-order valence-corrected chi connectivity index (χ0v) is 9.75. The predicted octanol–water partition coefficient (Wildman–Crippen LogP) is 2.91. The largest absolute Gasteiger partial charge is 0.392 e. The Labute approximate surface area is 88.0 Å². The molecular weight excluding hydrogens is 176 g/mol. The Morgan fingerprint density at radius 2 is 2.14 bits per heavy atom. The standard InChI is InChI=1S/C12H24O2/c1-4-5-6-7-12(14-3)10-11(2)8-9-13/h8,12-13H,4-7,9-10H2,1-3H3/b11-8+. The molecule has 14 heavy (non-hydrogen) atoms. The van der Waals surface area contributed by atoms with E-state index in [-0.39, 0.29) is 6.61 Å². The number of aliphatic hydroxyl groups excluding tert-OH is 1. The van der Waals surface area contributed by atoms with Crippen molar-refractivity contribution < 1.29 is 9.84 Å². The van der Waals surface area contributed by atoms with E-state index in [2.05, 4.69) is 6.92 Å². The number of rotatable bonds is 8. The summed E-state index contributed by atoms with van der Waals surface area (Å²) in [5, 5.41) is 8.72. The zero-order valence-electron chi connectivity index (χ0n) is 9.75. The van der Waals surface area contributed by atoms with Gasteiger partial charge in [-0.05, 0) is 19.8 Å². The summed E-state index contributed by atoms with van der Waals surface area (Å²) in [6.45, 7) is 4.39. The van der Waals surface area contributed by atoms with Crippen molar-refractivity contribution in [2.75, 3.05) is 13.7 Å². The fourth-order valence-corrected chi connectivity index (χ4v) is 1.52. The van der Waals surface area contributed by atoms with Crippen LogP contribution in [0.1, 0.15) is 46.0 Å². The van der Waals surface area contributed by atoms with E-state index in [1.54, 1.807) is 7.11 Å². The topological polar surface area (TPSA) is 29.5 Å². The van der Waals surface area contributed by atoms with Crippen LogP contribution < -0.4 is 0 Å². The molecule has 2 heteroatoms. The Morgan fingerprint density at radius 3 is 2.64 bits per heavy atom. The number of methoxy groups -OCH3 is 1. The summed E-state index contributed by atoms with van der Waals surface area (Å²) in [7, 11) is 1.77. The van der Waals surface area contributed by atoms with E-state index in [1.807, 2.05) is 13.0 Å². The molecule has 0 aromatic heterocycles. The number of unbranched alkanes of at least 4 members (excludes halogenated alkanes) is 2. The molecule has 0 heterocycles. The molecule has 0 saturated carbocycles. The quantitative estimate of drug-likeness (QED) is 0.482. The lowest BCUT2D eigenvalue weighted by Crippen LogP contribution is -2.11. The Morgan fingerprint density at radius 1 is 1.43 bits per heavy atom. The first-order chi connectivity index (χ1) is 6.74. The van der Waals surface area contributed by atoms with Gasteiger partial charge in [0.25, 0.3) is 0 Å². The van der Waals surface area contributed by atoms with Crippen molar-refractivity contribution >= 4 is 0 Å². The lowest BCUT2D eigenvalue weighted by Gasteiger charge is -2.15. The average Bonchev–Trinajstić information content (AvgIpc) is 2.17. The molecule has 0 aromatic rings. The van der Waals surface area contributed by atoms with Gasteiger partial charge in [-0.1, -0.05) is 37.8 Å². The molecule has 0 amide bonds. The lowest BCUT2D eigenvalue weighted by molar-refractivity contribution is 0.0930. The molecule has 0 fully saturated rings. The summed E-state index contributed by atoms with van der Waals surface area (Å²) in [6.07, 6.45) is 8.02. The van der Waals surface area contributed by atoms with Gasteiger partial charge in [0, 0.05) is 7.11 Å². The molecule has 0 spiro atoms. The van der Waals surface area contributed by atoms with Crippen LogP contribution in [-0.2, 0) is 4.74 Å². The van der Waals surface area contributed by atoms with Crippen molar-refractivity contribution in [2.45, 2.75) is 52.1 Å². The monoisotopic (exact) mass is 200 g/mol. The van der Waals surface area contributed by atoms with Crippen molar-refractivity contribution in [1.29, 1.82) is 0 Å². The fraction of sp³-hybridized carbons (Fsp3) is 0.833. The Hall–Kier alpha value is -0.340. The van der Waals surface area contributed by atoms with Crippen LogP contribution >= 0.6 is 0 Å². The summed E-state index contributed by atoms with van der Waals surface area (Å²) in [5.74, 6) is 0. The molecular formula is C12H24O2. The molecule has 0 aliphatic heterocycles. The minimum Gasteiger partial charge on any atom is -0.392 e. The van der Waals surface area contributed by atoms with Crippen LogP contribution in [0.4, 0.5) is 0 Å². The van der Waals surface area contributed by atoms with Gasteiger partial charge in [0.1, 0.15) is 0 Å². The maximum absolute atomic E-state index is 8.72. The van der Waals surface area contributed by atoms with E-state index in [9.17, 15) is 0 Å². The highest BCUT2D eigenvalue weighted by molar-refractivity contribution is 4.99. The van der Waals surface area contributed by atoms with Crippen LogP contribution in [-0.4, -0.2) is 24.9 Å². The Kier molecular flexibility index (Phi) is 9.00. The number of aliphatic hydroxyl groups is 1. The summed E-state index contributed by atoms with van der Waals surface area (Å²) in [6, 6.07) is 0. The lowest BCUT2D eigenvalue weighted by atomic mass is 10.0. The zero-order chi connectivity index (χ0) is 10.8. The maximum atomic E-state index is 8.72. The van der Waals surface area contributed by atoms with Gasteiger partial charge in [-0.3, -0.25) is 0 Å². The molecule has 0 aliphatic carbocycles. The third-order valence-electron chi connectivity index (χ3n) is 2.45. The third-order valence-corrected chi connectivity index (χ3v) is 2.45. The molecule has 0 saturated heterocycles. The minimum absolute atomic E-state index is 0.136. The van der Waals surface area contributed by atoms with Crippen LogP contribution in [0.5, 0.6) is 0 Å². The molecule has 0 rings (SSSR count). The molecule has 1 N–H and O–H groups in total. The van der Waals surface area contributed by atoms with E-state index in [0.29, 0.717) is 6.10 Å². The Bertz CT molecular complexity index is 152.